The molecule has 0 saturated carbocycles. The van der Waals surface area contributed by atoms with Crippen molar-refractivity contribution in [3.63, 3.8) is 0 Å². The predicted molar refractivity (Wildman–Crippen MR) is 72.3 cm³/mol. The molecule has 0 aromatic heterocycles. The van der Waals surface area contributed by atoms with Crippen molar-refractivity contribution in [1.29, 1.82) is 0 Å². The Morgan fingerprint density at radius 3 is 2.00 bits per heavy atom. The lowest BCUT2D eigenvalue weighted by molar-refractivity contribution is 0.228. The highest BCUT2D eigenvalue weighted by Crippen LogP contribution is 2.19. The van der Waals surface area contributed by atoms with Gasteiger partial charge in [0.15, 0.2) is 0 Å². The molecule has 0 aromatic carbocycles. The van der Waals surface area contributed by atoms with Crippen LogP contribution in [0.4, 0.5) is 0 Å². The molecule has 0 radical (unpaired) electrons. The van der Waals surface area contributed by atoms with Gasteiger partial charge in [0.25, 0.3) is 0 Å². The number of rotatable bonds is 4. The molecule has 1 heterocycles. The normalized spacial score (nSPS) is 21.0. The van der Waals surface area contributed by atoms with Crippen LogP contribution in [-0.2, 0) is 0 Å². The highest BCUT2D eigenvalue weighted by Gasteiger charge is 2.16. The van der Waals surface area contributed by atoms with Gasteiger partial charge in [-0.3, -0.25) is 0 Å². The smallest absolute Gasteiger partial charge is 0.0351 e. The highest BCUT2D eigenvalue weighted by atomic mass is 35.5. The number of halogens is 1. The zero-order valence-electron chi connectivity index (χ0n) is 11.1. The fourth-order valence-corrected chi connectivity index (χ4v) is 2.32. The fraction of sp³-hybridized carbons (Fsp3) is 1.00. The Balaban J connectivity index is 2.25. The summed E-state index contributed by atoms with van der Waals surface area (Å²) in [6.07, 6.45) is 2.59. The first kappa shape index (κ1) is 14.3. The van der Waals surface area contributed by atoms with Gasteiger partial charge >= 0.3 is 0 Å². The Kier molecular flexibility index (Phi) is 6.09. The number of alkyl halides is 1. The Morgan fingerprint density at radius 2 is 1.50 bits per heavy atom. The minimum atomic E-state index is 0.460. The first-order chi connectivity index (χ1) is 7.51. The largest absolute Gasteiger partial charge is 0.302 e. The average Bonchev–Trinajstić information content (AvgIpc) is 2.40. The quantitative estimate of drug-likeness (QED) is 0.704. The van der Waals surface area contributed by atoms with Crippen molar-refractivity contribution in [3.05, 3.63) is 0 Å². The summed E-state index contributed by atoms with van der Waals surface area (Å²) in [5.41, 5.74) is 0.460. The van der Waals surface area contributed by atoms with Gasteiger partial charge in [0.1, 0.15) is 0 Å². The van der Waals surface area contributed by atoms with Crippen molar-refractivity contribution >= 4 is 11.6 Å². The van der Waals surface area contributed by atoms with Crippen molar-refractivity contribution in [2.24, 2.45) is 5.41 Å². The topological polar surface area (TPSA) is 6.48 Å². The molecule has 2 nitrogen and oxygen atoms in total. The SMILES string of the molecule is CC(C)(C)CCN1CCCN(CCCl)CC1. The molecule has 0 bridgehead atoms. The minimum absolute atomic E-state index is 0.460. The van der Waals surface area contributed by atoms with Crippen LogP contribution in [0.5, 0.6) is 0 Å². The summed E-state index contributed by atoms with van der Waals surface area (Å²) < 4.78 is 0. The number of nitrogens with zero attached hydrogens (tertiary/aromatic N) is 2. The van der Waals surface area contributed by atoms with Crippen molar-refractivity contribution in [1.82, 2.24) is 9.80 Å². The van der Waals surface area contributed by atoms with E-state index in [-0.39, 0.29) is 0 Å². The summed E-state index contributed by atoms with van der Waals surface area (Å²) in [5.74, 6) is 0.766. The van der Waals surface area contributed by atoms with Crippen LogP contribution in [-0.4, -0.2) is 54.9 Å². The maximum absolute atomic E-state index is 5.79. The van der Waals surface area contributed by atoms with Gasteiger partial charge in [0.2, 0.25) is 0 Å². The molecule has 16 heavy (non-hydrogen) atoms. The molecule has 0 spiro atoms. The average molecular weight is 247 g/mol. The van der Waals surface area contributed by atoms with E-state index in [1.54, 1.807) is 0 Å². The standard InChI is InChI=1S/C13H27ClN2/c1-13(2,3)5-9-15-7-4-8-16(10-6-14)12-11-15/h4-12H2,1-3H3. The van der Waals surface area contributed by atoms with Gasteiger partial charge in [-0.1, -0.05) is 20.8 Å². The van der Waals surface area contributed by atoms with Crippen LogP contribution in [0, 0.1) is 5.41 Å². The van der Waals surface area contributed by atoms with E-state index >= 15 is 0 Å². The maximum atomic E-state index is 5.79. The Hall–Kier alpha value is 0.210. The van der Waals surface area contributed by atoms with Crippen LogP contribution in [0.25, 0.3) is 0 Å². The van der Waals surface area contributed by atoms with Gasteiger partial charge in [-0.05, 0) is 37.9 Å². The first-order valence-electron chi connectivity index (χ1n) is 6.52. The van der Waals surface area contributed by atoms with Crippen LogP contribution in [0.15, 0.2) is 0 Å². The predicted octanol–water partition coefficient (Wildman–Crippen LogP) is 2.67. The summed E-state index contributed by atoms with van der Waals surface area (Å²) in [6.45, 7) is 14.2. The van der Waals surface area contributed by atoms with Crippen molar-refractivity contribution in [2.75, 3.05) is 45.1 Å². The third kappa shape index (κ3) is 6.07. The summed E-state index contributed by atoms with van der Waals surface area (Å²) in [7, 11) is 0. The third-order valence-electron chi connectivity index (χ3n) is 3.26. The van der Waals surface area contributed by atoms with Crippen molar-refractivity contribution in [2.45, 2.75) is 33.6 Å². The molecule has 0 N–H and O–H groups in total. The molecule has 0 amide bonds. The number of hydrogen-bond donors (Lipinski definition) is 0. The zero-order valence-corrected chi connectivity index (χ0v) is 11.9. The van der Waals surface area contributed by atoms with Crippen LogP contribution in [0.2, 0.25) is 0 Å². The van der Waals surface area contributed by atoms with Crippen LogP contribution >= 0.6 is 11.6 Å². The van der Waals surface area contributed by atoms with Gasteiger partial charge < -0.3 is 9.80 Å². The van der Waals surface area contributed by atoms with Crippen LogP contribution < -0.4 is 0 Å². The molecular formula is C13H27ClN2. The van der Waals surface area contributed by atoms with Crippen LogP contribution in [0.1, 0.15) is 33.6 Å². The second-order valence-corrected chi connectivity index (χ2v) is 6.41. The molecule has 3 heteroatoms. The van der Waals surface area contributed by atoms with Crippen LogP contribution in [0.3, 0.4) is 0 Å². The van der Waals surface area contributed by atoms with E-state index in [9.17, 15) is 0 Å². The Morgan fingerprint density at radius 1 is 0.938 bits per heavy atom. The first-order valence-corrected chi connectivity index (χ1v) is 7.05. The molecule has 96 valence electrons. The lowest BCUT2D eigenvalue weighted by Gasteiger charge is -2.25. The van der Waals surface area contributed by atoms with E-state index in [2.05, 4.69) is 30.6 Å². The van der Waals surface area contributed by atoms with E-state index in [0.29, 0.717) is 5.41 Å². The Bertz CT molecular complexity index is 189. The number of hydrogen-bond acceptors (Lipinski definition) is 2. The van der Waals surface area contributed by atoms with E-state index in [1.807, 2.05) is 0 Å². The van der Waals surface area contributed by atoms with E-state index in [0.717, 1.165) is 12.4 Å². The molecule has 0 atom stereocenters. The van der Waals surface area contributed by atoms with E-state index in [4.69, 9.17) is 11.6 Å². The van der Waals surface area contributed by atoms with Gasteiger partial charge in [-0.15, -0.1) is 11.6 Å². The molecule has 1 rings (SSSR count). The second kappa shape index (κ2) is 6.83. The molecule has 0 unspecified atom stereocenters. The zero-order chi connectivity index (χ0) is 12.0. The molecule has 0 aliphatic carbocycles. The van der Waals surface area contributed by atoms with Gasteiger partial charge in [-0.25, -0.2) is 0 Å². The van der Waals surface area contributed by atoms with Gasteiger partial charge in [0, 0.05) is 25.5 Å². The van der Waals surface area contributed by atoms with Crippen molar-refractivity contribution < 1.29 is 0 Å². The summed E-state index contributed by atoms with van der Waals surface area (Å²) in [5, 5.41) is 0. The second-order valence-electron chi connectivity index (χ2n) is 6.04. The van der Waals surface area contributed by atoms with E-state index in [1.165, 1.54) is 45.6 Å². The lowest BCUT2D eigenvalue weighted by Crippen LogP contribution is -2.33. The maximum Gasteiger partial charge on any atom is 0.0351 e. The highest BCUT2D eigenvalue weighted by molar-refractivity contribution is 6.18. The molecule has 1 fully saturated rings. The summed E-state index contributed by atoms with van der Waals surface area (Å²) >= 11 is 5.79. The van der Waals surface area contributed by atoms with Crippen molar-refractivity contribution in [3.8, 4) is 0 Å². The third-order valence-corrected chi connectivity index (χ3v) is 3.43. The molecule has 1 aliphatic rings. The summed E-state index contributed by atoms with van der Waals surface area (Å²) in [6, 6.07) is 0. The molecule has 1 saturated heterocycles. The van der Waals surface area contributed by atoms with Gasteiger partial charge in [-0.2, -0.15) is 0 Å². The fourth-order valence-electron chi connectivity index (χ4n) is 2.08. The van der Waals surface area contributed by atoms with E-state index < -0.39 is 0 Å². The molecule has 1 aliphatic heterocycles. The summed E-state index contributed by atoms with van der Waals surface area (Å²) in [4.78, 5) is 5.10. The lowest BCUT2D eigenvalue weighted by atomic mass is 9.92. The molecular weight excluding hydrogens is 220 g/mol. The van der Waals surface area contributed by atoms with Gasteiger partial charge in [0.05, 0.1) is 0 Å². The minimum Gasteiger partial charge on any atom is -0.302 e. The monoisotopic (exact) mass is 246 g/mol. The Labute approximate surface area is 106 Å². The molecule has 0 aromatic rings.